The van der Waals surface area contributed by atoms with Crippen LogP contribution in [0.4, 0.5) is 0 Å². The molecule has 0 fully saturated rings. The average Bonchev–Trinajstić information content (AvgIpc) is 2.18. The predicted molar refractivity (Wildman–Crippen MR) is 53.7 cm³/mol. The van der Waals surface area contributed by atoms with Gasteiger partial charge in [0.1, 0.15) is 0 Å². The van der Waals surface area contributed by atoms with Crippen LogP contribution in [0.25, 0.3) is 11.0 Å². The van der Waals surface area contributed by atoms with Crippen molar-refractivity contribution in [3.63, 3.8) is 0 Å². The summed E-state index contributed by atoms with van der Waals surface area (Å²) in [5.41, 5.74) is 1.40. The number of aryl methyl sites for hydroxylation is 1. The van der Waals surface area contributed by atoms with E-state index in [0.29, 0.717) is 5.58 Å². The molecule has 76 valence electrons. The van der Waals surface area contributed by atoms with Crippen LogP contribution in [0.5, 0.6) is 0 Å². The minimum Gasteiger partial charge on any atom is -0.371 e. The van der Waals surface area contributed by atoms with Crippen LogP contribution >= 0.6 is 0 Å². The molecule has 0 aliphatic rings. The molecule has 0 amide bonds. The summed E-state index contributed by atoms with van der Waals surface area (Å²) < 4.78 is 6.03. The van der Waals surface area contributed by atoms with Crippen LogP contribution in [-0.2, 0) is 0 Å². The molecule has 0 spiro atoms. The second-order valence-electron chi connectivity index (χ2n) is 3.38. The van der Waals surface area contributed by atoms with E-state index >= 15 is 0 Å². The lowest BCUT2D eigenvalue weighted by Crippen LogP contribution is -2.53. The van der Waals surface area contributed by atoms with Gasteiger partial charge in [-0.1, -0.05) is 16.7 Å². The Labute approximate surface area is 85.8 Å². The molecule has 15 heavy (non-hydrogen) atoms. The highest BCUT2D eigenvalue weighted by Gasteiger charge is 2.17. The van der Waals surface area contributed by atoms with Crippen LogP contribution in [0.1, 0.15) is 17.3 Å². The van der Waals surface area contributed by atoms with Crippen LogP contribution in [0, 0.1) is 6.92 Å². The zero-order valence-corrected chi connectivity index (χ0v) is 8.48. The van der Waals surface area contributed by atoms with Crippen LogP contribution in [-0.4, -0.2) is 5.91 Å². The molecule has 4 nitrogen and oxygen atoms in total. The van der Waals surface area contributed by atoms with Crippen molar-refractivity contribution in [1.29, 1.82) is 0 Å². The van der Waals surface area contributed by atoms with Gasteiger partial charge in [-0.05, 0) is 18.6 Å². The minimum atomic E-state index is -0.649. The highest BCUT2D eigenvalue weighted by Crippen LogP contribution is 2.13. The number of hydrogen-bond donors (Lipinski definition) is 0. The average molecular weight is 204 g/mol. The first kappa shape index (κ1) is 9.58. The standard InChI is InChI=1S/C11H10NO3/c1-7-4-3-5-9-6-12(8(2)13)11(14)15-10(7)9/h3-6H,1-2H3/q+1. The Morgan fingerprint density at radius 2 is 2.13 bits per heavy atom. The lowest BCUT2D eigenvalue weighted by molar-refractivity contribution is -0.600. The van der Waals surface area contributed by atoms with Crippen LogP contribution in [0.15, 0.2) is 33.6 Å². The largest absolute Gasteiger partial charge is 0.610 e. The zero-order chi connectivity index (χ0) is 11.0. The third-order valence-electron chi connectivity index (χ3n) is 2.24. The Kier molecular flexibility index (Phi) is 2.11. The molecule has 1 aromatic heterocycles. The number of para-hydroxylation sites is 1. The van der Waals surface area contributed by atoms with E-state index in [2.05, 4.69) is 0 Å². The first-order valence-electron chi connectivity index (χ1n) is 4.55. The van der Waals surface area contributed by atoms with Crippen LogP contribution in [0.3, 0.4) is 0 Å². The van der Waals surface area contributed by atoms with Gasteiger partial charge in [-0.15, -0.1) is 0 Å². The van der Waals surface area contributed by atoms with Crippen molar-refractivity contribution in [3.05, 3.63) is 40.5 Å². The number of benzene rings is 1. The summed E-state index contributed by atoms with van der Waals surface area (Å²) in [5.74, 6) is -1.00. The number of fused-ring (bicyclic) bond motifs is 1. The molecule has 0 aliphatic carbocycles. The quantitative estimate of drug-likeness (QED) is 0.603. The smallest absolute Gasteiger partial charge is 0.371 e. The van der Waals surface area contributed by atoms with Gasteiger partial charge >= 0.3 is 11.7 Å². The first-order chi connectivity index (χ1) is 7.09. The summed E-state index contributed by atoms with van der Waals surface area (Å²) in [7, 11) is 0. The summed E-state index contributed by atoms with van der Waals surface area (Å²) in [6, 6.07) is 5.50. The molecule has 1 heterocycles. The van der Waals surface area contributed by atoms with Gasteiger partial charge in [0.05, 0.1) is 12.3 Å². The van der Waals surface area contributed by atoms with E-state index < -0.39 is 5.76 Å². The molecule has 0 bridgehead atoms. The fourth-order valence-electron chi connectivity index (χ4n) is 1.46. The zero-order valence-electron chi connectivity index (χ0n) is 8.48. The Hall–Kier alpha value is -1.97. The summed E-state index contributed by atoms with van der Waals surface area (Å²) in [5, 5.41) is 0.741. The maximum Gasteiger partial charge on any atom is 0.610 e. The fourth-order valence-corrected chi connectivity index (χ4v) is 1.46. The van der Waals surface area contributed by atoms with Gasteiger partial charge in [0.2, 0.25) is 0 Å². The molecule has 0 atom stereocenters. The lowest BCUT2D eigenvalue weighted by atomic mass is 10.2. The van der Waals surface area contributed by atoms with Gasteiger partial charge in [0, 0.05) is 0 Å². The molecule has 0 unspecified atom stereocenters. The molecule has 0 saturated heterocycles. The van der Waals surface area contributed by atoms with Crippen molar-refractivity contribution in [1.82, 2.24) is 0 Å². The van der Waals surface area contributed by atoms with Crippen molar-refractivity contribution < 1.29 is 13.8 Å². The first-order valence-corrected chi connectivity index (χ1v) is 4.55. The number of carbonyl (C=O) groups excluding carboxylic acids is 1. The van der Waals surface area contributed by atoms with Crippen molar-refractivity contribution in [2.75, 3.05) is 0 Å². The third kappa shape index (κ3) is 1.54. The third-order valence-corrected chi connectivity index (χ3v) is 2.24. The maximum atomic E-state index is 11.4. The summed E-state index contributed by atoms with van der Waals surface area (Å²) in [4.78, 5) is 22.5. The summed E-state index contributed by atoms with van der Waals surface area (Å²) in [6.45, 7) is 3.17. The Bertz CT molecular complexity index is 598. The molecule has 1 aromatic carbocycles. The second kappa shape index (κ2) is 3.31. The van der Waals surface area contributed by atoms with Crippen molar-refractivity contribution >= 4 is 16.9 Å². The normalized spacial score (nSPS) is 10.5. The van der Waals surface area contributed by atoms with Crippen LogP contribution < -0.4 is 10.3 Å². The van der Waals surface area contributed by atoms with Gasteiger partial charge in [0.15, 0.2) is 11.8 Å². The van der Waals surface area contributed by atoms with Gasteiger partial charge in [-0.25, -0.2) is 4.79 Å². The monoisotopic (exact) mass is 204 g/mol. The van der Waals surface area contributed by atoms with E-state index in [9.17, 15) is 9.59 Å². The molecule has 0 saturated carbocycles. The number of nitrogens with zero attached hydrogens (tertiary/aromatic N) is 1. The SMILES string of the molecule is CC(=O)[n+]1cc2cccc(C)c2oc1=O. The van der Waals surface area contributed by atoms with Gasteiger partial charge in [-0.3, -0.25) is 0 Å². The number of rotatable bonds is 0. The lowest BCUT2D eigenvalue weighted by Gasteiger charge is -1.96. The number of hydrogen-bond acceptors (Lipinski definition) is 3. The van der Waals surface area contributed by atoms with Crippen molar-refractivity contribution in [2.24, 2.45) is 0 Å². The highest BCUT2D eigenvalue weighted by molar-refractivity contribution is 5.78. The van der Waals surface area contributed by atoms with E-state index in [1.165, 1.54) is 13.1 Å². The molecule has 0 radical (unpaired) electrons. The number of aromatic nitrogens is 1. The predicted octanol–water partition coefficient (Wildman–Crippen LogP) is 1.05. The molecule has 2 rings (SSSR count). The van der Waals surface area contributed by atoms with Gasteiger partial charge in [-0.2, -0.15) is 4.79 Å². The van der Waals surface area contributed by atoms with E-state index in [-0.39, 0.29) is 5.91 Å². The molecule has 2 aromatic rings. The molecular formula is C11H10NO3+. The molecule has 0 aliphatic heterocycles. The topological polar surface area (TPSA) is 51.2 Å². The Balaban J connectivity index is 2.88. The molecule has 0 N–H and O–H groups in total. The van der Waals surface area contributed by atoms with Crippen molar-refractivity contribution in [3.8, 4) is 0 Å². The summed E-state index contributed by atoms with van der Waals surface area (Å²) in [6.07, 6.45) is 1.50. The number of carbonyl (C=O) groups is 1. The van der Waals surface area contributed by atoms with E-state index in [1.807, 2.05) is 19.1 Å². The van der Waals surface area contributed by atoms with Gasteiger partial charge < -0.3 is 4.42 Å². The Morgan fingerprint density at radius 3 is 2.80 bits per heavy atom. The van der Waals surface area contributed by atoms with Crippen LogP contribution in [0.2, 0.25) is 0 Å². The van der Waals surface area contributed by atoms with Gasteiger partial charge in [0.25, 0.3) is 0 Å². The maximum absolute atomic E-state index is 11.4. The van der Waals surface area contributed by atoms with E-state index in [0.717, 1.165) is 15.5 Å². The van der Waals surface area contributed by atoms with E-state index in [4.69, 9.17) is 4.42 Å². The van der Waals surface area contributed by atoms with E-state index in [1.54, 1.807) is 6.07 Å². The Morgan fingerprint density at radius 1 is 1.40 bits per heavy atom. The molecular weight excluding hydrogens is 194 g/mol. The minimum absolute atomic E-state index is 0.354. The second-order valence-corrected chi connectivity index (χ2v) is 3.38. The molecule has 4 heteroatoms. The highest BCUT2D eigenvalue weighted by atomic mass is 16.4. The summed E-state index contributed by atoms with van der Waals surface area (Å²) >= 11 is 0. The van der Waals surface area contributed by atoms with Crippen molar-refractivity contribution in [2.45, 2.75) is 13.8 Å². The fraction of sp³-hybridized carbons (Fsp3) is 0.182.